The maximum atomic E-state index is 17.2. The first-order valence-corrected chi connectivity index (χ1v) is 16.7. The van der Waals surface area contributed by atoms with Crippen LogP contribution >= 0.6 is 0 Å². The van der Waals surface area contributed by atoms with Gasteiger partial charge in [0.05, 0.1) is 34.7 Å². The maximum Gasteiger partial charge on any atom is 0.417 e. The molecule has 4 aromatic rings. The SMILES string of the molecule is COc1c(F)c(-c2c(C(F)(F)F)c(C)cc3[nH]nc(C#N)c23)c(F)c2nc(OC[C@@]34CCCN3C[C@H](F)C4)nc(N3CC4CCC(C3)N4)c12.O=CO. The van der Waals surface area contributed by atoms with E-state index in [4.69, 9.17) is 19.4 Å². The summed E-state index contributed by atoms with van der Waals surface area (Å²) in [4.78, 5) is 21.3. The van der Waals surface area contributed by atoms with Crippen molar-refractivity contribution in [2.75, 3.05) is 44.8 Å². The largest absolute Gasteiger partial charge is 0.493 e. The summed E-state index contributed by atoms with van der Waals surface area (Å²) in [6.07, 6.45) is -2.56. The highest BCUT2D eigenvalue weighted by atomic mass is 19.4. The molecular formula is C34H34F6N8O4. The number of methoxy groups -OCH3 is 1. The van der Waals surface area contributed by atoms with Crippen LogP contribution in [0.3, 0.4) is 0 Å². The number of benzene rings is 2. The predicted molar refractivity (Wildman–Crippen MR) is 175 cm³/mol. The lowest BCUT2D eigenvalue weighted by atomic mass is 9.89. The van der Waals surface area contributed by atoms with Gasteiger partial charge in [-0.3, -0.25) is 14.8 Å². The van der Waals surface area contributed by atoms with Crippen LogP contribution in [0, 0.1) is 29.9 Å². The summed E-state index contributed by atoms with van der Waals surface area (Å²) in [7, 11) is 1.13. The van der Waals surface area contributed by atoms with Gasteiger partial charge >= 0.3 is 12.2 Å². The van der Waals surface area contributed by atoms with Crippen molar-refractivity contribution in [1.29, 1.82) is 5.26 Å². The molecule has 4 saturated heterocycles. The number of fused-ring (bicyclic) bond motifs is 5. The molecule has 0 amide bonds. The number of aromatic nitrogens is 4. The van der Waals surface area contributed by atoms with E-state index in [1.807, 2.05) is 9.80 Å². The summed E-state index contributed by atoms with van der Waals surface area (Å²) < 4.78 is 105. The molecule has 4 atom stereocenters. The van der Waals surface area contributed by atoms with Crippen molar-refractivity contribution >= 4 is 34.1 Å². The fourth-order valence-corrected chi connectivity index (χ4v) is 8.58. The first-order valence-electron chi connectivity index (χ1n) is 16.7. The molecule has 2 aromatic heterocycles. The highest BCUT2D eigenvalue weighted by Crippen LogP contribution is 2.50. The van der Waals surface area contributed by atoms with Gasteiger partial charge < -0.3 is 24.8 Å². The van der Waals surface area contributed by atoms with Gasteiger partial charge in [-0.1, -0.05) is 0 Å². The van der Waals surface area contributed by atoms with Crippen LogP contribution in [-0.2, 0) is 11.0 Å². The zero-order chi connectivity index (χ0) is 37.1. The number of nitrogens with one attached hydrogen (secondary N) is 2. The number of piperazine rings is 1. The Kier molecular flexibility index (Phi) is 9.06. The van der Waals surface area contributed by atoms with Crippen molar-refractivity contribution in [2.45, 2.75) is 69.0 Å². The van der Waals surface area contributed by atoms with E-state index in [1.165, 1.54) is 0 Å². The average molecular weight is 733 g/mol. The van der Waals surface area contributed by atoms with Crippen LogP contribution in [0.4, 0.5) is 32.2 Å². The molecule has 52 heavy (non-hydrogen) atoms. The van der Waals surface area contributed by atoms with Crippen molar-refractivity contribution in [3.8, 4) is 29.0 Å². The molecule has 2 unspecified atom stereocenters. The minimum Gasteiger partial charge on any atom is -0.493 e. The number of H-pyrrole nitrogens is 1. The van der Waals surface area contributed by atoms with Gasteiger partial charge in [-0.05, 0) is 50.8 Å². The molecule has 2 aromatic carbocycles. The zero-order valence-electron chi connectivity index (χ0n) is 28.1. The number of aromatic amines is 1. The second kappa shape index (κ2) is 13.3. The molecule has 4 fully saturated rings. The van der Waals surface area contributed by atoms with E-state index in [0.29, 0.717) is 26.1 Å². The molecule has 0 aliphatic carbocycles. The Morgan fingerprint density at radius 2 is 1.85 bits per heavy atom. The first-order chi connectivity index (χ1) is 24.8. The van der Waals surface area contributed by atoms with Crippen molar-refractivity contribution < 1.29 is 45.7 Å². The summed E-state index contributed by atoms with van der Waals surface area (Å²) >= 11 is 0. The lowest BCUT2D eigenvalue weighted by molar-refractivity contribution is -0.137. The number of hydrogen-bond acceptors (Lipinski definition) is 10. The molecule has 8 rings (SSSR count). The third-order valence-electron chi connectivity index (χ3n) is 10.6. The van der Waals surface area contributed by atoms with E-state index in [-0.39, 0.29) is 66.4 Å². The number of halogens is 6. The van der Waals surface area contributed by atoms with Crippen molar-refractivity contribution in [2.24, 2.45) is 0 Å². The van der Waals surface area contributed by atoms with Crippen molar-refractivity contribution in [1.82, 2.24) is 30.4 Å². The van der Waals surface area contributed by atoms with E-state index in [0.717, 1.165) is 39.4 Å². The van der Waals surface area contributed by atoms with Gasteiger partial charge in [0.15, 0.2) is 23.1 Å². The smallest absolute Gasteiger partial charge is 0.417 e. The van der Waals surface area contributed by atoms with Gasteiger partial charge in [-0.15, -0.1) is 0 Å². The Morgan fingerprint density at radius 1 is 1.13 bits per heavy atom. The van der Waals surface area contributed by atoms with Crippen molar-refractivity contribution in [3.63, 3.8) is 0 Å². The minimum atomic E-state index is -5.08. The Morgan fingerprint density at radius 3 is 2.50 bits per heavy atom. The van der Waals surface area contributed by atoms with E-state index in [2.05, 4.69) is 25.5 Å². The number of rotatable bonds is 6. The number of ether oxygens (including phenoxy) is 2. The molecule has 4 aliphatic heterocycles. The summed E-state index contributed by atoms with van der Waals surface area (Å²) in [5.41, 5.74) is -5.24. The third-order valence-corrected chi connectivity index (χ3v) is 10.6. The Balaban J connectivity index is 0.00000136. The summed E-state index contributed by atoms with van der Waals surface area (Å²) in [6.45, 7) is 2.78. The molecule has 0 radical (unpaired) electrons. The van der Waals surface area contributed by atoms with Crippen LogP contribution in [-0.4, -0.2) is 100 Å². The number of anilines is 1. The maximum absolute atomic E-state index is 17.2. The molecule has 4 aliphatic rings. The lowest BCUT2D eigenvalue weighted by Crippen LogP contribution is -2.51. The van der Waals surface area contributed by atoms with Crippen LogP contribution in [0.15, 0.2) is 6.07 Å². The second-order valence-corrected chi connectivity index (χ2v) is 13.6. The van der Waals surface area contributed by atoms with Gasteiger partial charge in [0.25, 0.3) is 6.47 Å². The average Bonchev–Trinajstić information content (AvgIpc) is 3.85. The Bertz CT molecular complexity index is 2090. The van der Waals surface area contributed by atoms with Crippen LogP contribution in [0.5, 0.6) is 11.8 Å². The topological polar surface area (TPSA) is 153 Å². The van der Waals surface area contributed by atoms with Gasteiger partial charge in [-0.25, -0.2) is 13.2 Å². The molecular weight excluding hydrogens is 698 g/mol. The lowest BCUT2D eigenvalue weighted by Gasteiger charge is -2.35. The molecule has 6 heterocycles. The van der Waals surface area contributed by atoms with Gasteiger partial charge in [0.1, 0.15) is 30.2 Å². The monoisotopic (exact) mass is 732 g/mol. The standard InChI is InChI=1S/C33H32F6N8O2.CH2O2/c1-15-8-19-21(20(10-40)45-44-19)22(25(15)33(37,38)39)23-26(35)28-24(29(48-2)27(23)36)30(46-12-17-4-5-18(13-46)41-17)43-31(42-28)49-14-32-6-3-7-47(32)11-16(34)9-32;2-1-3/h8,16-18,41H,3-7,9,11-14H2,1-2H3,(H,44,45);1H,(H,2,3)/t16-,17?,18?,32+;/m1./s1. The molecule has 276 valence electrons. The molecule has 0 spiro atoms. The number of carboxylic acid groups (broad SMARTS) is 1. The fraction of sp³-hybridized carbons (Fsp3) is 0.500. The van der Waals surface area contributed by atoms with E-state index in [9.17, 15) is 22.8 Å². The number of aryl methyl sites for hydroxylation is 1. The van der Waals surface area contributed by atoms with Gasteiger partial charge in [0.2, 0.25) is 0 Å². The highest BCUT2D eigenvalue weighted by Gasteiger charge is 2.49. The quantitative estimate of drug-likeness (QED) is 0.176. The van der Waals surface area contributed by atoms with Gasteiger partial charge in [0, 0.05) is 49.1 Å². The first kappa shape index (κ1) is 35.5. The molecule has 3 N–H and O–H groups in total. The normalized spacial score (nSPS) is 24.1. The van der Waals surface area contributed by atoms with E-state index < -0.39 is 68.6 Å². The number of alkyl halides is 4. The number of hydrogen-bond donors (Lipinski definition) is 3. The minimum absolute atomic E-state index is 0.00918. The van der Waals surface area contributed by atoms with E-state index in [1.54, 1.807) is 6.07 Å². The third kappa shape index (κ3) is 5.79. The molecule has 0 saturated carbocycles. The number of carbonyl (C=O) groups is 1. The second-order valence-electron chi connectivity index (χ2n) is 13.6. The molecule has 18 heteroatoms. The Hall–Kier alpha value is -4.89. The van der Waals surface area contributed by atoms with Crippen LogP contribution in [0.25, 0.3) is 32.9 Å². The van der Waals surface area contributed by atoms with Crippen LogP contribution in [0.2, 0.25) is 0 Å². The van der Waals surface area contributed by atoms with Gasteiger partial charge in [-0.2, -0.15) is 33.5 Å². The zero-order valence-corrected chi connectivity index (χ0v) is 28.1. The summed E-state index contributed by atoms with van der Waals surface area (Å²) in [6, 6.07) is 2.75. The molecule has 12 nitrogen and oxygen atoms in total. The predicted octanol–water partition coefficient (Wildman–Crippen LogP) is 5.26. The van der Waals surface area contributed by atoms with Crippen molar-refractivity contribution in [3.05, 3.63) is 34.5 Å². The Labute approximate surface area is 292 Å². The summed E-state index contributed by atoms with van der Waals surface area (Å²) in [5.74, 6) is -3.26. The van der Waals surface area contributed by atoms with E-state index >= 15 is 8.78 Å². The number of nitriles is 1. The van der Waals surface area contributed by atoms with Crippen LogP contribution < -0.4 is 19.7 Å². The highest BCUT2D eigenvalue weighted by molar-refractivity contribution is 6.05. The summed E-state index contributed by atoms with van der Waals surface area (Å²) in [5, 5.41) is 25.9. The molecule has 2 bridgehead atoms. The fourth-order valence-electron chi connectivity index (χ4n) is 8.58. The number of nitrogens with zero attached hydrogens (tertiary/aromatic N) is 6. The van der Waals surface area contributed by atoms with Crippen LogP contribution in [0.1, 0.15) is 48.9 Å².